The minimum Gasteiger partial charge on any atom is -0.429 e. The Morgan fingerprint density at radius 1 is 0.742 bits per heavy atom. The third-order valence-corrected chi connectivity index (χ3v) is 7.41. The summed E-state index contributed by atoms with van der Waals surface area (Å²) in [5.74, 6) is 1.45. The fourth-order valence-electron chi connectivity index (χ4n) is 5.22. The van der Waals surface area contributed by atoms with Gasteiger partial charge in [-0.1, -0.05) is 57.7 Å². The summed E-state index contributed by atoms with van der Waals surface area (Å²) in [7, 11) is 0. The smallest absolute Gasteiger partial charge is 0.426 e. The van der Waals surface area contributed by atoms with Crippen molar-refractivity contribution in [1.82, 2.24) is 0 Å². The Hall–Kier alpha value is -1.97. The molecule has 4 rings (SSSR count). The molecule has 2 aliphatic carbocycles. The third-order valence-electron chi connectivity index (χ3n) is 7.41. The van der Waals surface area contributed by atoms with Gasteiger partial charge in [0.2, 0.25) is 0 Å². The van der Waals surface area contributed by atoms with E-state index in [0.717, 1.165) is 56.1 Å². The minimum atomic E-state index is -3.51. The van der Waals surface area contributed by atoms with Crippen LogP contribution in [0.1, 0.15) is 93.7 Å². The van der Waals surface area contributed by atoms with Crippen LogP contribution in [0.5, 0.6) is 5.75 Å². The van der Waals surface area contributed by atoms with Crippen LogP contribution in [0.25, 0.3) is 0 Å². The van der Waals surface area contributed by atoms with Crippen LogP contribution in [-0.2, 0) is 6.11 Å². The number of halogens is 3. The van der Waals surface area contributed by atoms with E-state index in [2.05, 4.69) is 13.8 Å². The van der Waals surface area contributed by atoms with E-state index in [1.54, 1.807) is 18.2 Å². The van der Waals surface area contributed by atoms with Crippen LogP contribution < -0.4 is 4.74 Å². The lowest BCUT2D eigenvalue weighted by Gasteiger charge is -2.27. The van der Waals surface area contributed by atoms with Crippen molar-refractivity contribution in [2.24, 2.45) is 11.8 Å². The van der Waals surface area contributed by atoms with Gasteiger partial charge in [0.25, 0.3) is 0 Å². The molecule has 0 N–H and O–H groups in total. The van der Waals surface area contributed by atoms with Gasteiger partial charge < -0.3 is 4.74 Å². The van der Waals surface area contributed by atoms with Crippen molar-refractivity contribution in [3.8, 4) is 5.75 Å². The first-order valence-electron chi connectivity index (χ1n) is 11.8. The van der Waals surface area contributed by atoms with Crippen molar-refractivity contribution in [2.75, 3.05) is 0 Å². The molecule has 1 nitrogen and oxygen atoms in total. The number of ether oxygens (including phenoxy) is 1. The molecule has 2 saturated carbocycles. The molecule has 168 valence electrons. The molecule has 0 unspecified atom stereocenters. The van der Waals surface area contributed by atoms with Crippen molar-refractivity contribution < 1.29 is 17.9 Å². The molecule has 0 bridgehead atoms. The zero-order valence-electron chi connectivity index (χ0n) is 18.5. The van der Waals surface area contributed by atoms with E-state index < -0.39 is 11.9 Å². The zero-order chi connectivity index (χ0) is 22.0. The number of hydrogen-bond donors (Lipinski definition) is 0. The summed E-state index contributed by atoms with van der Waals surface area (Å²) in [6.07, 6.45) is 5.14. The highest BCUT2D eigenvalue weighted by atomic mass is 19.3. The molecule has 0 saturated heterocycles. The molecule has 0 aromatic heterocycles. The number of hydrogen-bond acceptors (Lipinski definition) is 1. The second-order valence-electron chi connectivity index (χ2n) is 9.84. The second kappa shape index (κ2) is 9.26. The average molecular weight is 431 g/mol. The number of rotatable bonds is 5. The van der Waals surface area contributed by atoms with Crippen molar-refractivity contribution >= 4 is 0 Å². The minimum absolute atomic E-state index is 0.138. The van der Waals surface area contributed by atoms with Crippen molar-refractivity contribution in [3.05, 3.63) is 65.0 Å². The maximum absolute atomic E-state index is 14.8. The van der Waals surface area contributed by atoms with E-state index >= 15 is 0 Å². The Kier molecular flexibility index (Phi) is 6.64. The monoisotopic (exact) mass is 430 g/mol. The maximum Gasteiger partial charge on any atom is 0.426 e. The Morgan fingerprint density at radius 2 is 1.29 bits per heavy atom. The standard InChI is InChI=1S/C27H33F3O/c1-18-3-7-20(8-4-18)21-11-13-23(14-12-21)27(29,30)31-24-15-16-25(26(28)17-24)22-9-5-19(2)6-10-22/h11-20,22H,3-10H2,1-2H3. The van der Waals surface area contributed by atoms with E-state index in [1.165, 1.54) is 31.0 Å². The van der Waals surface area contributed by atoms with Crippen LogP contribution in [0, 0.1) is 17.7 Å². The third kappa shape index (κ3) is 5.27. The van der Waals surface area contributed by atoms with Gasteiger partial charge in [-0.25, -0.2) is 4.39 Å². The first kappa shape index (κ1) is 22.2. The predicted octanol–water partition coefficient (Wildman–Crippen LogP) is 8.54. The zero-order valence-corrected chi connectivity index (χ0v) is 18.5. The van der Waals surface area contributed by atoms with Crippen LogP contribution in [0.3, 0.4) is 0 Å². The van der Waals surface area contributed by atoms with Gasteiger partial charge in [-0.05, 0) is 78.7 Å². The Bertz CT molecular complexity index is 861. The highest BCUT2D eigenvalue weighted by molar-refractivity contribution is 5.33. The normalized spacial score (nSPS) is 27.1. The van der Waals surface area contributed by atoms with Crippen LogP contribution in [-0.4, -0.2) is 0 Å². The molecule has 0 amide bonds. The molecule has 0 radical (unpaired) electrons. The number of benzene rings is 2. The van der Waals surface area contributed by atoms with Gasteiger partial charge in [0, 0.05) is 6.07 Å². The number of alkyl halides is 2. The quantitative estimate of drug-likeness (QED) is 0.462. The topological polar surface area (TPSA) is 9.23 Å². The van der Waals surface area contributed by atoms with Crippen molar-refractivity contribution in [3.63, 3.8) is 0 Å². The van der Waals surface area contributed by atoms with Gasteiger partial charge in [0.05, 0.1) is 5.56 Å². The van der Waals surface area contributed by atoms with Crippen LogP contribution in [0.15, 0.2) is 42.5 Å². The van der Waals surface area contributed by atoms with Crippen molar-refractivity contribution in [2.45, 2.75) is 83.2 Å². The van der Waals surface area contributed by atoms with E-state index in [4.69, 9.17) is 4.74 Å². The predicted molar refractivity (Wildman–Crippen MR) is 118 cm³/mol. The highest BCUT2D eigenvalue weighted by Crippen LogP contribution is 2.40. The lowest BCUT2D eigenvalue weighted by atomic mass is 9.79. The molecule has 2 fully saturated rings. The fraction of sp³-hybridized carbons (Fsp3) is 0.556. The Balaban J connectivity index is 1.42. The average Bonchev–Trinajstić information content (AvgIpc) is 2.75. The van der Waals surface area contributed by atoms with Crippen LogP contribution in [0.4, 0.5) is 13.2 Å². The van der Waals surface area contributed by atoms with Gasteiger partial charge in [-0.2, -0.15) is 8.78 Å². The van der Waals surface area contributed by atoms with Gasteiger partial charge in [-0.15, -0.1) is 0 Å². The largest absolute Gasteiger partial charge is 0.429 e. The summed E-state index contributed by atoms with van der Waals surface area (Å²) in [5, 5.41) is 0. The molecular formula is C27H33F3O. The Morgan fingerprint density at radius 3 is 1.84 bits per heavy atom. The summed E-state index contributed by atoms with van der Waals surface area (Å²) < 4.78 is 49.1. The van der Waals surface area contributed by atoms with E-state index in [9.17, 15) is 13.2 Å². The maximum atomic E-state index is 14.8. The molecule has 0 aliphatic heterocycles. The molecule has 4 heteroatoms. The molecule has 0 spiro atoms. The fourth-order valence-corrected chi connectivity index (χ4v) is 5.22. The summed E-state index contributed by atoms with van der Waals surface area (Å²) in [5.41, 5.74) is 1.53. The van der Waals surface area contributed by atoms with E-state index in [-0.39, 0.29) is 17.2 Å². The molecule has 2 aromatic rings. The molecular weight excluding hydrogens is 397 g/mol. The summed E-state index contributed by atoms with van der Waals surface area (Å²) in [6, 6.07) is 10.7. The second-order valence-corrected chi connectivity index (χ2v) is 9.84. The summed E-state index contributed by atoms with van der Waals surface area (Å²) in [4.78, 5) is 0. The lowest BCUT2D eigenvalue weighted by molar-refractivity contribution is -0.185. The highest BCUT2D eigenvalue weighted by Gasteiger charge is 2.35. The first-order chi connectivity index (χ1) is 14.8. The first-order valence-corrected chi connectivity index (χ1v) is 11.8. The van der Waals surface area contributed by atoms with Gasteiger partial charge >= 0.3 is 6.11 Å². The van der Waals surface area contributed by atoms with E-state index in [0.29, 0.717) is 17.4 Å². The van der Waals surface area contributed by atoms with E-state index in [1.807, 2.05) is 0 Å². The van der Waals surface area contributed by atoms with Gasteiger partial charge in [-0.3, -0.25) is 0 Å². The van der Waals surface area contributed by atoms with Crippen molar-refractivity contribution in [1.29, 1.82) is 0 Å². The molecule has 0 atom stereocenters. The molecule has 0 heterocycles. The Labute approximate surface area is 184 Å². The molecule has 2 aromatic carbocycles. The van der Waals surface area contributed by atoms with Crippen LogP contribution in [0.2, 0.25) is 0 Å². The van der Waals surface area contributed by atoms with Gasteiger partial charge in [0.15, 0.2) is 0 Å². The summed E-state index contributed by atoms with van der Waals surface area (Å²) in [6.45, 7) is 4.48. The summed E-state index contributed by atoms with van der Waals surface area (Å²) >= 11 is 0. The van der Waals surface area contributed by atoms with Gasteiger partial charge in [0.1, 0.15) is 11.6 Å². The molecule has 31 heavy (non-hydrogen) atoms. The SMILES string of the molecule is CC1CCC(c2ccc(C(F)(F)Oc3ccc(C4CCC(C)CC4)c(F)c3)cc2)CC1. The molecule has 2 aliphatic rings. The lowest BCUT2D eigenvalue weighted by Crippen LogP contribution is -2.22. The van der Waals surface area contributed by atoms with Crippen LogP contribution >= 0.6 is 0 Å².